The summed E-state index contributed by atoms with van der Waals surface area (Å²) in [6.45, 7) is 21.2. The summed E-state index contributed by atoms with van der Waals surface area (Å²) in [5.74, 6) is 0. The first-order valence-electron chi connectivity index (χ1n) is 5.64. The Kier molecular flexibility index (Phi) is 2.96. The monoisotopic (exact) mass is 246 g/mol. The van der Waals surface area contributed by atoms with Crippen LogP contribution in [-0.4, -0.2) is 39.7 Å². The molecule has 0 aromatic carbocycles. The van der Waals surface area contributed by atoms with Gasteiger partial charge in [-0.2, -0.15) is 0 Å². The predicted molar refractivity (Wildman–Crippen MR) is 72.5 cm³/mol. The fraction of sp³-hybridized carbons (Fsp3) is 1.00. The molecule has 0 aromatic heterocycles. The predicted octanol–water partition coefficient (Wildman–Crippen LogP) is 2.86. The molecule has 14 heavy (non-hydrogen) atoms. The topological polar surface area (TPSA) is 6.48 Å². The van der Waals surface area contributed by atoms with Crippen LogP contribution in [0.15, 0.2) is 0 Å². The van der Waals surface area contributed by atoms with E-state index in [-0.39, 0.29) is 0 Å². The Bertz CT molecular complexity index is 217. The normalized spacial score (nSPS) is 27.4. The molecule has 0 aromatic rings. The largest absolute Gasteiger partial charge is 0.345 e. The van der Waals surface area contributed by atoms with Gasteiger partial charge in [-0.25, -0.2) is 0 Å². The lowest BCUT2D eigenvalue weighted by Crippen LogP contribution is -2.93. The van der Waals surface area contributed by atoms with E-state index in [0.29, 0.717) is 0 Å². The molecule has 0 unspecified atom stereocenters. The Morgan fingerprint density at radius 3 is 1.50 bits per heavy atom. The van der Waals surface area contributed by atoms with E-state index in [1.807, 2.05) is 0 Å². The van der Waals surface area contributed by atoms with Gasteiger partial charge in [-0.05, 0) is 32.7 Å². The van der Waals surface area contributed by atoms with Crippen molar-refractivity contribution >= 4 is 25.0 Å². The maximum atomic E-state index is 3.01. The highest BCUT2D eigenvalue weighted by Crippen LogP contribution is 2.41. The van der Waals surface area contributed by atoms with Gasteiger partial charge in [-0.15, -0.1) is 0 Å². The van der Waals surface area contributed by atoms with Gasteiger partial charge in [0.1, 0.15) is 8.24 Å². The van der Waals surface area contributed by atoms with E-state index in [2.05, 4.69) is 60.9 Å². The average Bonchev–Trinajstić information content (AvgIpc) is 1.78. The fourth-order valence-corrected chi connectivity index (χ4v) is 31.8. The zero-order valence-electron chi connectivity index (χ0n) is 11.1. The number of nitrogens with zero attached hydrogens (tertiary/aromatic N) is 2. The van der Waals surface area contributed by atoms with Crippen LogP contribution < -0.4 is 0 Å². The van der Waals surface area contributed by atoms with Crippen molar-refractivity contribution < 1.29 is 0 Å². The van der Waals surface area contributed by atoms with Crippen LogP contribution in [0.1, 0.15) is 6.92 Å². The van der Waals surface area contributed by atoms with Crippen LogP contribution in [-0.2, 0) is 0 Å². The van der Waals surface area contributed by atoms with Crippen molar-refractivity contribution in [3.63, 3.8) is 0 Å². The van der Waals surface area contributed by atoms with Gasteiger partial charge in [0, 0.05) is 0 Å². The Balaban J connectivity index is 3.00. The first-order valence-corrected chi connectivity index (χ1v) is 14.9. The van der Waals surface area contributed by atoms with Crippen molar-refractivity contribution in [3.05, 3.63) is 0 Å². The average molecular weight is 247 g/mol. The number of hydrogen-bond donors (Lipinski definition) is 0. The van der Waals surface area contributed by atoms with E-state index >= 15 is 0 Å². The second-order valence-corrected chi connectivity index (χ2v) is 20.8. The van der Waals surface area contributed by atoms with Crippen LogP contribution in [0.25, 0.3) is 0 Å². The second-order valence-electron chi connectivity index (χ2n) is 6.24. The van der Waals surface area contributed by atoms with Crippen molar-refractivity contribution in [2.75, 3.05) is 6.54 Å². The summed E-state index contributed by atoms with van der Waals surface area (Å²) in [7, 11) is -3.47. The Labute approximate surface area is 92.7 Å². The molecule has 5 heteroatoms. The summed E-state index contributed by atoms with van der Waals surface area (Å²) >= 11 is 0. The van der Waals surface area contributed by atoms with Crippen LogP contribution in [0, 0.1) is 0 Å². The summed E-state index contributed by atoms with van der Waals surface area (Å²) in [5.41, 5.74) is 0. The lowest BCUT2D eigenvalue weighted by atomic mass is 10.8. The molecule has 1 aliphatic rings. The molecular formula is C9H26N2Si3. The summed E-state index contributed by atoms with van der Waals surface area (Å²) < 4.78 is 5.87. The molecule has 1 aliphatic heterocycles. The van der Waals surface area contributed by atoms with Gasteiger partial charge >= 0.3 is 0 Å². The molecule has 1 heterocycles. The molecule has 2 nitrogen and oxygen atoms in total. The highest BCUT2D eigenvalue weighted by molar-refractivity contribution is 7.13. The molecule has 1 fully saturated rings. The lowest BCUT2D eigenvalue weighted by molar-refractivity contribution is 0.488. The molecule has 0 aliphatic carbocycles. The molecule has 1 rings (SSSR count). The lowest BCUT2D eigenvalue weighted by Gasteiger charge is -2.71. The van der Waals surface area contributed by atoms with E-state index in [9.17, 15) is 0 Å². The van der Waals surface area contributed by atoms with Crippen LogP contribution in [0.5, 0.6) is 0 Å². The van der Waals surface area contributed by atoms with E-state index in [1.165, 1.54) is 6.54 Å². The van der Waals surface area contributed by atoms with Crippen molar-refractivity contribution in [2.45, 2.75) is 52.8 Å². The van der Waals surface area contributed by atoms with Gasteiger partial charge in [0.25, 0.3) is 0 Å². The van der Waals surface area contributed by atoms with Crippen molar-refractivity contribution in [3.8, 4) is 0 Å². The van der Waals surface area contributed by atoms with Crippen LogP contribution >= 0.6 is 0 Å². The summed E-state index contributed by atoms with van der Waals surface area (Å²) in [4.78, 5) is 0. The number of rotatable bonds is 2. The van der Waals surface area contributed by atoms with E-state index < -0.39 is 25.0 Å². The van der Waals surface area contributed by atoms with Crippen LogP contribution in [0.2, 0.25) is 45.8 Å². The van der Waals surface area contributed by atoms with Crippen LogP contribution in [0.4, 0.5) is 0 Å². The first-order chi connectivity index (χ1) is 6.06. The van der Waals surface area contributed by atoms with E-state index in [0.717, 1.165) is 0 Å². The Morgan fingerprint density at radius 1 is 0.929 bits per heavy atom. The fourth-order valence-electron chi connectivity index (χ4n) is 3.95. The molecule has 0 bridgehead atoms. The van der Waals surface area contributed by atoms with Gasteiger partial charge in [0.15, 0.2) is 16.8 Å². The minimum atomic E-state index is -1.19. The third-order valence-electron chi connectivity index (χ3n) is 3.40. The van der Waals surface area contributed by atoms with Gasteiger partial charge in [-0.3, -0.25) is 0 Å². The SMILES string of the molecule is CCN1[Si](C)(C)N([Si](C)(C)C)[Si]1(C)C. The third-order valence-corrected chi connectivity index (χ3v) is 24.1. The molecule has 0 spiro atoms. The highest BCUT2D eigenvalue weighted by atomic mass is 28.5. The Hall–Kier alpha value is 0.571. The first kappa shape index (κ1) is 12.6. The minimum absolute atomic E-state index is 1.09. The molecule has 0 N–H and O–H groups in total. The molecule has 1 saturated heterocycles. The number of hydrogen-bond acceptors (Lipinski definition) is 2. The summed E-state index contributed by atoms with van der Waals surface area (Å²) in [6.07, 6.45) is 0. The van der Waals surface area contributed by atoms with E-state index in [4.69, 9.17) is 0 Å². The van der Waals surface area contributed by atoms with Crippen molar-refractivity contribution in [2.24, 2.45) is 0 Å². The molecular weight excluding hydrogens is 220 g/mol. The molecule has 0 radical (unpaired) electrons. The molecule has 0 atom stereocenters. The summed E-state index contributed by atoms with van der Waals surface area (Å²) in [6, 6.07) is 0. The van der Waals surface area contributed by atoms with Crippen LogP contribution in [0.3, 0.4) is 0 Å². The molecule has 0 amide bonds. The van der Waals surface area contributed by atoms with E-state index in [1.54, 1.807) is 0 Å². The second kappa shape index (κ2) is 3.28. The zero-order chi connectivity index (χ0) is 11.4. The Morgan fingerprint density at radius 2 is 1.29 bits per heavy atom. The standard InChI is InChI=1S/C9H26N2Si3/c1-9-10-13(5,6)11(12(2,3)4)14(10,7)8/h9H2,1-8H3. The van der Waals surface area contributed by atoms with Gasteiger partial charge < -0.3 is 8.13 Å². The summed E-state index contributed by atoms with van der Waals surface area (Å²) in [5, 5.41) is 0. The quantitative estimate of drug-likeness (QED) is 0.692. The van der Waals surface area contributed by atoms with Gasteiger partial charge in [-0.1, -0.05) is 26.6 Å². The van der Waals surface area contributed by atoms with Crippen molar-refractivity contribution in [1.29, 1.82) is 0 Å². The highest BCUT2D eigenvalue weighted by Gasteiger charge is 2.63. The minimum Gasteiger partial charge on any atom is -0.345 e. The smallest absolute Gasteiger partial charge is 0.182 e. The molecule has 0 saturated carbocycles. The maximum absolute atomic E-state index is 3.01. The molecule has 84 valence electrons. The third kappa shape index (κ3) is 1.59. The zero-order valence-corrected chi connectivity index (χ0v) is 14.1. The van der Waals surface area contributed by atoms with Gasteiger partial charge in [0.05, 0.1) is 0 Å². The maximum Gasteiger partial charge on any atom is 0.182 e. The van der Waals surface area contributed by atoms with Gasteiger partial charge in [0.2, 0.25) is 0 Å². The van der Waals surface area contributed by atoms with Crippen molar-refractivity contribution in [1.82, 2.24) is 8.13 Å².